The number of nitrogens with zero attached hydrogens (tertiary/aromatic N) is 1. The van der Waals surface area contributed by atoms with Crippen LogP contribution in [-0.2, 0) is 0 Å². The van der Waals surface area contributed by atoms with Gasteiger partial charge < -0.3 is 9.72 Å². The van der Waals surface area contributed by atoms with Crippen molar-refractivity contribution < 1.29 is 9.66 Å². The van der Waals surface area contributed by atoms with Gasteiger partial charge in [-0.15, -0.1) is 0 Å². The Morgan fingerprint density at radius 1 is 1.20 bits per heavy atom. The monoisotopic (exact) mass is 471 g/mol. The van der Waals surface area contributed by atoms with Gasteiger partial charge in [0.05, 0.1) is 13.9 Å². The molecule has 0 aliphatic rings. The number of hydrogen-bond acceptors (Lipinski definition) is 5. The van der Waals surface area contributed by atoms with Crippen LogP contribution in [0.25, 0.3) is 12.2 Å². The molecular formula is C15H11Br2N3O5. The highest BCUT2D eigenvalue weighted by atomic mass is 79.9. The summed E-state index contributed by atoms with van der Waals surface area (Å²) in [6, 6.07) is 3.44. The summed E-state index contributed by atoms with van der Waals surface area (Å²) in [4.78, 5) is 37.1. The minimum atomic E-state index is -1.07. The molecule has 2 aromatic rings. The summed E-state index contributed by atoms with van der Waals surface area (Å²) in [5.41, 5.74) is -2.17. The van der Waals surface area contributed by atoms with E-state index in [-0.39, 0.29) is 5.69 Å². The summed E-state index contributed by atoms with van der Waals surface area (Å²) in [7, 11) is 0. The summed E-state index contributed by atoms with van der Waals surface area (Å²) >= 11 is 6.74. The molecule has 0 saturated carbocycles. The predicted molar refractivity (Wildman–Crippen MR) is 101 cm³/mol. The molecule has 1 aromatic carbocycles. The number of hydrogen-bond donors (Lipinski definition) is 2. The van der Waals surface area contributed by atoms with Crippen LogP contribution in [0, 0.1) is 10.1 Å². The number of halogens is 2. The normalized spacial score (nSPS) is 10.8. The second-order valence-corrected chi connectivity index (χ2v) is 6.38. The van der Waals surface area contributed by atoms with E-state index in [2.05, 4.69) is 43.4 Å². The first kappa shape index (κ1) is 18.9. The number of H-pyrrole nitrogens is 2. The van der Waals surface area contributed by atoms with E-state index in [0.717, 1.165) is 0 Å². The Hall–Kier alpha value is -2.46. The number of ether oxygens (including phenoxy) is 1. The van der Waals surface area contributed by atoms with Gasteiger partial charge in [-0.05, 0) is 55.6 Å². The Balaban J connectivity index is 2.44. The lowest BCUT2D eigenvalue weighted by Gasteiger charge is -2.09. The third-order valence-corrected chi connectivity index (χ3v) is 4.11. The summed E-state index contributed by atoms with van der Waals surface area (Å²) in [6.07, 6.45) is 4.41. The van der Waals surface area contributed by atoms with Crippen molar-refractivity contribution in [1.82, 2.24) is 9.97 Å². The molecule has 8 nitrogen and oxygen atoms in total. The van der Waals surface area contributed by atoms with Gasteiger partial charge in [0.1, 0.15) is 18.1 Å². The Morgan fingerprint density at radius 2 is 1.84 bits per heavy atom. The molecule has 0 amide bonds. The lowest BCUT2D eigenvalue weighted by molar-refractivity contribution is -0.386. The van der Waals surface area contributed by atoms with E-state index in [0.29, 0.717) is 26.9 Å². The highest BCUT2D eigenvalue weighted by molar-refractivity contribution is 9.11. The number of nitro groups is 1. The van der Waals surface area contributed by atoms with E-state index in [1.807, 2.05) is 4.98 Å². The van der Waals surface area contributed by atoms with Crippen molar-refractivity contribution in [3.05, 3.63) is 75.9 Å². The first-order valence-corrected chi connectivity index (χ1v) is 8.34. The van der Waals surface area contributed by atoms with E-state index < -0.39 is 21.9 Å². The van der Waals surface area contributed by atoms with E-state index in [1.165, 1.54) is 12.2 Å². The van der Waals surface area contributed by atoms with Crippen molar-refractivity contribution in [2.45, 2.75) is 0 Å². The fourth-order valence-electron chi connectivity index (χ4n) is 1.93. The van der Waals surface area contributed by atoms with Gasteiger partial charge in [-0.1, -0.05) is 18.7 Å². The number of nitrogens with one attached hydrogen (secondary N) is 2. The maximum Gasteiger partial charge on any atom is 0.357 e. The maximum atomic E-state index is 11.6. The lowest BCUT2D eigenvalue weighted by Crippen LogP contribution is -2.25. The van der Waals surface area contributed by atoms with Crippen LogP contribution >= 0.6 is 31.9 Å². The molecule has 0 aliphatic heterocycles. The van der Waals surface area contributed by atoms with Crippen molar-refractivity contribution in [1.29, 1.82) is 0 Å². The van der Waals surface area contributed by atoms with Gasteiger partial charge in [0.2, 0.25) is 0 Å². The van der Waals surface area contributed by atoms with Crippen LogP contribution in [0.1, 0.15) is 11.3 Å². The molecule has 130 valence electrons. The van der Waals surface area contributed by atoms with Crippen LogP contribution in [0.2, 0.25) is 0 Å². The molecule has 0 saturated heterocycles. The smallest absolute Gasteiger partial charge is 0.357 e. The highest BCUT2D eigenvalue weighted by Gasteiger charge is 2.18. The summed E-state index contributed by atoms with van der Waals surface area (Å²) < 4.78 is 6.80. The molecule has 10 heteroatoms. The van der Waals surface area contributed by atoms with Crippen LogP contribution in [0.5, 0.6) is 5.75 Å². The maximum absolute atomic E-state index is 11.6. The molecule has 0 radical (unpaired) electrons. The van der Waals surface area contributed by atoms with Crippen molar-refractivity contribution in [2.24, 2.45) is 0 Å². The average Bonchev–Trinajstić information content (AvgIpc) is 2.51. The van der Waals surface area contributed by atoms with Gasteiger partial charge in [0.15, 0.2) is 0 Å². The zero-order valence-corrected chi connectivity index (χ0v) is 15.7. The van der Waals surface area contributed by atoms with E-state index >= 15 is 0 Å². The largest absolute Gasteiger partial charge is 0.487 e. The zero-order chi connectivity index (χ0) is 18.6. The third kappa shape index (κ3) is 4.54. The van der Waals surface area contributed by atoms with Gasteiger partial charge >= 0.3 is 16.9 Å². The molecule has 0 aliphatic carbocycles. The standard InChI is InChI=1S/C15H11Br2N3O5/c1-2-5-25-13-9(16)6-8(7-10(13)17)3-4-11-12(20(23)24)14(21)19-15(22)18-11/h2-4,6-7H,1,5H2,(H2,18,19,21,22). The Kier molecular flexibility index (Phi) is 6.10. The Bertz CT molecular complexity index is 955. The van der Waals surface area contributed by atoms with Crippen molar-refractivity contribution in [2.75, 3.05) is 6.61 Å². The van der Waals surface area contributed by atoms with Crippen LogP contribution in [-0.4, -0.2) is 21.5 Å². The molecule has 25 heavy (non-hydrogen) atoms. The Labute approximate surface area is 157 Å². The number of aromatic amines is 2. The minimum Gasteiger partial charge on any atom is -0.487 e. The molecule has 0 bridgehead atoms. The minimum absolute atomic E-state index is 0.196. The Morgan fingerprint density at radius 3 is 2.40 bits per heavy atom. The number of benzene rings is 1. The van der Waals surface area contributed by atoms with Crippen LogP contribution < -0.4 is 16.0 Å². The highest BCUT2D eigenvalue weighted by Crippen LogP contribution is 2.35. The van der Waals surface area contributed by atoms with Crippen molar-refractivity contribution >= 4 is 49.7 Å². The quantitative estimate of drug-likeness (QED) is 0.380. The molecule has 2 rings (SSSR count). The topological polar surface area (TPSA) is 118 Å². The molecule has 1 aromatic heterocycles. The van der Waals surface area contributed by atoms with Gasteiger partial charge in [0, 0.05) is 0 Å². The second kappa shape index (κ2) is 8.08. The molecule has 0 atom stereocenters. The fourth-order valence-corrected chi connectivity index (χ4v) is 3.39. The SMILES string of the molecule is C=CCOc1c(Br)cc(C=Cc2[nH]c(=O)[nH]c(=O)c2[N+](=O)[O-])cc1Br. The molecule has 0 spiro atoms. The number of rotatable bonds is 6. The first-order valence-electron chi connectivity index (χ1n) is 6.75. The van der Waals surface area contributed by atoms with Gasteiger partial charge in [-0.25, -0.2) is 4.79 Å². The van der Waals surface area contributed by atoms with E-state index in [4.69, 9.17) is 4.74 Å². The van der Waals surface area contributed by atoms with Gasteiger partial charge in [-0.3, -0.25) is 19.9 Å². The van der Waals surface area contributed by atoms with Crippen LogP contribution in [0.15, 0.2) is 43.3 Å². The zero-order valence-electron chi connectivity index (χ0n) is 12.5. The van der Waals surface area contributed by atoms with Gasteiger partial charge in [0.25, 0.3) is 0 Å². The van der Waals surface area contributed by atoms with Crippen molar-refractivity contribution in [3.8, 4) is 5.75 Å². The summed E-state index contributed by atoms with van der Waals surface area (Å²) in [5, 5.41) is 11.0. The average molecular weight is 473 g/mol. The summed E-state index contributed by atoms with van der Waals surface area (Å²) in [6.45, 7) is 3.90. The number of aromatic nitrogens is 2. The molecule has 1 heterocycles. The molecule has 0 unspecified atom stereocenters. The molecular weight excluding hydrogens is 462 g/mol. The van der Waals surface area contributed by atoms with E-state index in [9.17, 15) is 19.7 Å². The molecule has 2 N–H and O–H groups in total. The van der Waals surface area contributed by atoms with Crippen LogP contribution in [0.3, 0.4) is 0 Å². The predicted octanol–water partition coefficient (Wildman–Crippen LogP) is 3.23. The third-order valence-electron chi connectivity index (χ3n) is 2.94. The fraction of sp³-hybridized carbons (Fsp3) is 0.0667. The first-order chi connectivity index (χ1) is 11.8. The van der Waals surface area contributed by atoms with Crippen LogP contribution in [0.4, 0.5) is 5.69 Å². The van der Waals surface area contributed by atoms with Crippen molar-refractivity contribution in [3.63, 3.8) is 0 Å². The summed E-state index contributed by atoms with van der Waals surface area (Å²) in [5.74, 6) is 0.576. The molecule has 0 fully saturated rings. The van der Waals surface area contributed by atoms with Gasteiger partial charge in [-0.2, -0.15) is 0 Å². The second-order valence-electron chi connectivity index (χ2n) is 4.67. The lowest BCUT2D eigenvalue weighted by atomic mass is 10.2. The van der Waals surface area contributed by atoms with E-state index in [1.54, 1.807) is 18.2 Å².